The second kappa shape index (κ2) is 10.2. The summed E-state index contributed by atoms with van der Waals surface area (Å²) in [5, 5.41) is 0. The van der Waals surface area contributed by atoms with E-state index >= 15 is 0 Å². The number of imidazole rings is 1. The minimum absolute atomic E-state index is 0.0120. The van der Waals surface area contributed by atoms with Crippen LogP contribution in [-0.4, -0.2) is 70.8 Å². The van der Waals surface area contributed by atoms with E-state index in [9.17, 15) is 4.79 Å². The molecule has 0 unspecified atom stereocenters. The second-order valence-corrected chi connectivity index (χ2v) is 9.19. The number of aryl methyl sites for hydroxylation is 3. The predicted molar refractivity (Wildman–Crippen MR) is 142 cm³/mol. The molecule has 1 aliphatic heterocycles. The molecule has 0 saturated carbocycles. The summed E-state index contributed by atoms with van der Waals surface area (Å²) in [4.78, 5) is 27.8. The predicted octanol–water partition coefficient (Wildman–Crippen LogP) is 3.14. The largest absolute Gasteiger partial charge is 0.497 e. The number of benzene rings is 1. The molecule has 1 aromatic carbocycles. The minimum atomic E-state index is -0.0120. The third-order valence-electron chi connectivity index (χ3n) is 7.07. The van der Waals surface area contributed by atoms with Gasteiger partial charge >= 0.3 is 0 Å². The Balaban J connectivity index is 1.33. The van der Waals surface area contributed by atoms with Crippen LogP contribution >= 0.6 is 0 Å². The van der Waals surface area contributed by atoms with Crippen molar-refractivity contribution in [2.75, 3.05) is 51.8 Å². The summed E-state index contributed by atoms with van der Waals surface area (Å²) < 4.78 is 14.5. The first kappa shape index (κ1) is 24.1. The molecular weight excluding hydrogens is 456 g/mol. The number of nitrogens with zero attached hydrogens (tertiary/aromatic N) is 6. The van der Waals surface area contributed by atoms with Crippen LogP contribution in [0.25, 0.3) is 16.7 Å². The van der Waals surface area contributed by atoms with Crippen molar-refractivity contribution in [3.8, 4) is 11.6 Å². The Hall–Kier alpha value is -3.59. The molecule has 1 aliphatic rings. The van der Waals surface area contributed by atoms with E-state index in [2.05, 4.69) is 26.9 Å². The molecule has 9 heteroatoms. The molecule has 3 aromatic heterocycles. The van der Waals surface area contributed by atoms with Gasteiger partial charge in [-0.05, 0) is 38.1 Å². The number of anilines is 1. The zero-order valence-electron chi connectivity index (χ0n) is 21.5. The molecule has 1 saturated heterocycles. The number of pyridine rings is 1. The number of methoxy groups -OCH3 is 2. The smallest absolute Gasteiger partial charge is 0.277 e. The number of hydrogen-bond donors (Lipinski definition) is 0. The molecule has 5 rings (SSSR count). The van der Waals surface area contributed by atoms with E-state index in [0.29, 0.717) is 30.0 Å². The number of aromatic nitrogens is 4. The first-order valence-corrected chi connectivity index (χ1v) is 12.6. The molecule has 1 fully saturated rings. The van der Waals surface area contributed by atoms with Crippen molar-refractivity contribution in [2.24, 2.45) is 0 Å². The van der Waals surface area contributed by atoms with Gasteiger partial charge in [0.1, 0.15) is 17.1 Å². The fraction of sp³-hybridized carbons (Fsp3) is 0.444. The maximum Gasteiger partial charge on any atom is 0.277 e. The average molecular weight is 491 g/mol. The zero-order chi connectivity index (χ0) is 25.2. The van der Waals surface area contributed by atoms with Gasteiger partial charge in [0.25, 0.3) is 5.56 Å². The van der Waals surface area contributed by atoms with Crippen LogP contribution in [0.15, 0.2) is 41.2 Å². The molecule has 0 radical (unpaired) electrons. The van der Waals surface area contributed by atoms with Crippen molar-refractivity contribution in [2.45, 2.75) is 33.2 Å². The number of piperazine rings is 1. The van der Waals surface area contributed by atoms with E-state index in [4.69, 9.17) is 14.5 Å². The Kier molecular flexibility index (Phi) is 6.82. The lowest BCUT2D eigenvalue weighted by molar-refractivity contribution is 0.250. The molecule has 4 heterocycles. The van der Waals surface area contributed by atoms with Crippen LogP contribution < -0.4 is 19.9 Å². The van der Waals surface area contributed by atoms with E-state index in [1.54, 1.807) is 14.2 Å². The fourth-order valence-electron chi connectivity index (χ4n) is 5.16. The van der Waals surface area contributed by atoms with E-state index in [-0.39, 0.29) is 5.56 Å². The van der Waals surface area contributed by atoms with Gasteiger partial charge in [-0.2, -0.15) is 4.98 Å². The summed E-state index contributed by atoms with van der Waals surface area (Å²) in [6.07, 6.45) is 1.60. The summed E-state index contributed by atoms with van der Waals surface area (Å²) in [5.41, 5.74) is 4.06. The van der Waals surface area contributed by atoms with Gasteiger partial charge in [0, 0.05) is 57.0 Å². The Morgan fingerprint density at radius 1 is 0.972 bits per heavy atom. The highest BCUT2D eigenvalue weighted by Crippen LogP contribution is 2.23. The van der Waals surface area contributed by atoms with Gasteiger partial charge in [-0.25, -0.2) is 4.98 Å². The molecule has 4 aromatic rings. The Labute approximate surface area is 210 Å². The van der Waals surface area contributed by atoms with Crippen LogP contribution in [0.2, 0.25) is 0 Å². The van der Waals surface area contributed by atoms with E-state index in [0.717, 1.165) is 61.9 Å². The van der Waals surface area contributed by atoms with Crippen molar-refractivity contribution in [3.05, 3.63) is 58.3 Å². The standard InChI is InChI=1S/C27H34N6O3/c1-5-23-28-19(2)25-27(34)32(22-10-11-24(36-4)29-26(22)33(23)25)13-7-12-30-14-16-31(17-15-30)20-8-6-9-21(18-20)35-3/h6,8-11,18H,5,7,12-17H2,1-4H3. The fourth-order valence-corrected chi connectivity index (χ4v) is 5.16. The van der Waals surface area contributed by atoms with Gasteiger partial charge in [0.15, 0.2) is 5.65 Å². The highest BCUT2D eigenvalue weighted by Gasteiger charge is 2.20. The van der Waals surface area contributed by atoms with Gasteiger partial charge in [-0.3, -0.25) is 14.1 Å². The first-order chi connectivity index (χ1) is 17.5. The molecular formula is C27H34N6O3. The van der Waals surface area contributed by atoms with Crippen LogP contribution in [0.5, 0.6) is 11.6 Å². The quantitative estimate of drug-likeness (QED) is 0.376. The summed E-state index contributed by atoms with van der Waals surface area (Å²) in [5.74, 6) is 2.25. The molecule has 0 atom stereocenters. The monoisotopic (exact) mass is 490 g/mol. The van der Waals surface area contributed by atoms with Gasteiger partial charge in [-0.15, -0.1) is 0 Å². The van der Waals surface area contributed by atoms with Crippen molar-refractivity contribution in [3.63, 3.8) is 0 Å². The van der Waals surface area contributed by atoms with Gasteiger partial charge in [0.05, 0.1) is 25.4 Å². The molecule has 0 aliphatic carbocycles. The lowest BCUT2D eigenvalue weighted by atomic mass is 10.2. The number of rotatable bonds is 8. The van der Waals surface area contributed by atoms with Gasteiger partial charge in [0.2, 0.25) is 5.88 Å². The van der Waals surface area contributed by atoms with Gasteiger partial charge in [-0.1, -0.05) is 13.0 Å². The van der Waals surface area contributed by atoms with E-state index in [1.165, 1.54) is 5.69 Å². The molecule has 36 heavy (non-hydrogen) atoms. The normalized spacial score (nSPS) is 14.6. The number of hydrogen-bond acceptors (Lipinski definition) is 7. The molecule has 9 nitrogen and oxygen atoms in total. The SMILES string of the molecule is CCc1nc(C)c2c(=O)n(CCCN3CCN(c4cccc(OC)c4)CC3)c3ccc(OC)nc3n12. The average Bonchev–Trinajstić information content (AvgIpc) is 3.27. The Morgan fingerprint density at radius 2 is 1.78 bits per heavy atom. The van der Waals surface area contributed by atoms with Crippen LogP contribution in [-0.2, 0) is 13.0 Å². The second-order valence-electron chi connectivity index (χ2n) is 9.19. The molecule has 0 spiro atoms. The van der Waals surface area contributed by atoms with Crippen molar-refractivity contribution in [1.29, 1.82) is 0 Å². The van der Waals surface area contributed by atoms with Gasteiger partial charge < -0.3 is 18.9 Å². The van der Waals surface area contributed by atoms with Crippen molar-refractivity contribution < 1.29 is 9.47 Å². The molecule has 0 bridgehead atoms. The first-order valence-electron chi connectivity index (χ1n) is 12.6. The summed E-state index contributed by atoms with van der Waals surface area (Å²) in [6.45, 7) is 9.43. The van der Waals surface area contributed by atoms with E-state index in [1.807, 2.05) is 47.1 Å². The molecule has 0 N–H and O–H groups in total. The summed E-state index contributed by atoms with van der Waals surface area (Å²) in [6, 6.07) is 12.0. The summed E-state index contributed by atoms with van der Waals surface area (Å²) >= 11 is 0. The lowest BCUT2D eigenvalue weighted by Crippen LogP contribution is -2.46. The van der Waals surface area contributed by atoms with E-state index < -0.39 is 0 Å². The third-order valence-corrected chi connectivity index (χ3v) is 7.07. The third kappa shape index (κ3) is 4.39. The Bertz CT molecular complexity index is 1440. The van der Waals surface area contributed by atoms with Crippen LogP contribution in [0.4, 0.5) is 5.69 Å². The molecule has 190 valence electrons. The van der Waals surface area contributed by atoms with Crippen molar-refractivity contribution >= 4 is 22.4 Å². The zero-order valence-corrected chi connectivity index (χ0v) is 21.5. The lowest BCUT2D eigenvalue weighted by Gasteiger charge is -2.36. The topological polar surface area (TPSA) is 77.1 Å². The van der Waals surface area contributed by atoms with Crippen LogP contribution in [0, 0.1) is 6.92 Å². The number of fused-ring (bicyclic) bond motifs is 3. The summed E-state index contributed by atoms with van der Waals surface area (Å²) in [7, 11) is 3.31. The highest BCUT2D eigenvalue weighted by atomic mass is 16.5. The minimum Gasteiger partial charge on any atom is -0.497 e. The van der Waals surface area contributed by atoms with Crippen LogP contribution in [0.3, 0.4) is 0 Å². The van der Waals surface area contributed by atoms with Crippen LogP contribution in [0.1, 0.15) is 24.9 Å². The highest BCUT2D eigenvalue weighted by molar-refractivity contribution is 5.77. The maximum absolute atomic E-state index is 13.6. The number of ether oxygens (including phenoxy) is 2. The van der Waals surface area contributed by atoms with Crippen molar-refractivity contribution in [1.82, 2.24) is 23.8 Å². The Morgan fingerprint density at radius 3 is 2.50 bits per heavy atom. The molecule has 0 amide bonds. The maximum atomic E-state index is 13.6.